The summed E-state index contributed by atoms with van der Waals surface area (Å²) in [5, 5.41) is 4.19. The van der Waals surface area contributed by atoms with Crippen molar-refractivity contribution in [2.45, 2.75) is 6.92 Å². The van der Waals surface area contributed by atoms with E-state index in [9.17, 15) is 0 Å². The van der Waals surface area contributed by atoms with Gasteiger partial charge in [-0.1, -0.05) is 17.7 Å². The average molecular weight is 267 g/mol. The Morgan fingerprint density at radius 2 is 1.80 bits per heavy atom. The van der Waals surface area contributed by atoms with Crippen molar-refractivity contribution in [2.24, 2.45) is 0 Å². The van der Waals surface area contributed by atoms with E-state index in [-0.39, 0.29) is 0 Å². The van der Waals surface area contributed by atoms with Gasteiger partial charge in [-0.3, -0.25) is 0 Å². The fraction of sp³-hybridized carbons (Fsp3) is 0.100. The monoisotopic (exact) mass is 266 g/mol. The zero-order valence-electron chi connectivity index (χ0n) is 8.24. The van der Waals surface area contributed by atoms with Gasteiger partial charge >= 0.3 is 0 Å². The fourth-order valence-corrected chi connectivity index (χ4v) is 1.66. The van der Waals surface area contributed by atoms with Crippen molar-refractivity contribution in [2.75, 3.05) is 11.5 Å². The molecule has 0 aliphatic heterocycles. The van der Waals surface area contributed by atoms with E-state index < -0.39 is 0 Å². The Bertz CT molecular complexity index is 487. The first-order valence-electron chi connectivity index (χ1n) is 4.46. The highest BCUT2D eigenvalue weighted by Gasteiger charge is 2.11. The molecular formula is C10H11BrN4. The third-order valence-electron chi connectivity index (χ3n) is 2.19. The van der Waals surface area contributed by atoms with Crippen LogP contribution in [0.2, 0.25) is 0 Å². The minimum absolute atomic E-state index is 0.450. The highest BCUT2D eigenvalue weighted by atomic mass is 79.9. The predicted octanol–water partition coefficient (Wildman–Crippen LogP) is 2.11. The van der Waals surface area contributed by atoms with E-state index in [2.05, 4.69) is 21.0 Å². The molecule has 0 atom stereocenters. The lowest BCUT2D eigenvalue weighted by molar-refractivity contribution is 0.880. The second-order valence-electron chi connectivity index (χ2n) is 3.34. The van der Waals surface area contributed by atoms with Crippen LogP contribution in [0.3, 0.4) is 0 Å². The zero-order valence-corrected chi connectivity index (χ0v) is 9.82. The zero-order chi connectivity index (χ0) is 11.0. The van der Waals surface area contributed by atoms with E-state index in [0.717, 1.165) is 5.69 Å². The first-order valence-corrected chi connectivity index (χ1v) is 5.25. The molecule has 1 aromatic carbocycles. The van der Waals surface area contributed by atoms with E-state index in [0.29, 0.717) is 16.1 Å². The van der Waals surface area contributed by atoms with E-state index in [1.165, 1.54) is 5.56 Å². The minimum atomic E-state index is 0.450. The molecule has 0 unspecified atom stereocenters. The van der Waals surface area contributed by atoms with Gasteiger partial charge in [-0.25, -0.2) is 4.68 Å². The van der Waals surface area contributed by atoms with Crippen molar-refractivity contribution in [1.29, 1.82) is 0 Å². The summed E-state index contributed by atoms with van der Waals surface area (Å²) in [6.07, 6.45) is 0. The van der Waals surface area contributed by atoms with Crippen LogP contribution in [-0.2, 0) is 0 Å². The molecule has 0 saturated heterocycles. The van der Waals surface area contributed by atoms with Crippen molar-refractivity contribution in [1.82, 2.24) is 9.78 Å². The van der Waals surface area contributed by atoms with Crippen LogP contribution in [0, 0.1) is 6.92 Å². The molecule has 5 heteroatoms. The van der Waals surface area contributed by atoms with Gasteiger partial charge in [0.15, 0.2) is 10.4 Å². The Morgan fingerprint density at radius 1 is 1.20 bits per heavy atom. The summed E-state index contributed by atoms with van der Waals surface area (Å²) < 4.78 is 2.18. The second-order valence-corrected chi connectivity index (χ2v) is 4.09. The number of benzene rings is 1. The van der Waals surface area contributed by atoms with Gasteiger partial charge in [0.25, 0.3) is 0 Å². The van der Waals surface area contributed by atoms with E-state index >= 15 is 0 Å². The van der Waals surface area contributed by atoms with E-state index in [1.54, 1.807) is 4.68 Å². The maximum Gasteiger partial charge on any atom is 0.153 e. The molecule has 0 amide bonds. The number of anilines is 2. The summed E-state index contributed by atoms with van der Waals surface area (Å²) in [6, 6.07) is 7.90. The van der Waals surface area contributed by atoms with Gasteiger partial charge in [-0.05, 0) is 35.0 Å². The van der Waals surface area contributed by atoms with E-state index in [1.807, 2.05) is 31.2 Å². The standard InChI is InChI=1S/C10H11BrN4/c1-6-2-4-7(5-3-6)15-10(13)8(12)9(11)14-15/h2-5H,12-13H2,1H3. The Labute approximate surface area is 96.0 Å². The first-order chi connectivity index (χ1) is 7.09. The molecule has 4 nitrogen and oxygen atoms in total. The highest BCUT2D eigenvalue weighted by Crippen LogP contribution is 2.27. The summed E-state index contributed by atoms with van der Waals surface area (Å²) in [6.45, 7) is 2.03. The number of nitrogens with two attached hydrogens (primary N) is 2. The molecule has 0 aliphatic rings. The Balaban J connectivity index is 2.54. The number of aromatic nitrogens is 2. The molecular weight excluding hydrogens is 256 g/mol. The second kappa shape index (κ2) is 3.58. The van der Waals surface area contributed by atoms with E-state index in [4.69, 9.17) is 11.5 Å². The number of aryl methyl sites for hydroxylation is 1. The maximum absolute atomic E-state index is 5.82. The topological polar surface area (TPSA) is 69.9 Å². The largest absolute Gasteiger partial charge is 0.393 e. The molecule has 0 spiro atoms. The average Bonchev–Trinajstić information content (AvgIpc) is 2.47. The van der Waals surface area contributed by atoms with Crippen LogP contribution in [0.5, 0.6) is 0 Å². The van der Waals surface area contributed by atoms with Gasteiger partial charge in [-0.15, -0.1) is 0 Å². The third kappa shape index (κ3) is 1.70. The van der Waals surface area contributed by atoms with Crippen molar-refractivity contribution in [3.05, 3.63) is 34.4 Å². The van der Waals surface area contributed by atoms with Crippen LogP contribution in [0.1, 0.15) is 5.56 Å². The Morgan fingerprint density at radius 3 is 2.27 bits per heavy atom. The van der Waals surface area contributed by atoms with Crippen LogP contribution in [0.4, 0.5) is 11.5 Å². The molecule has 0 saturated carbocycles. The molecule has 15 heavy (non-hydrogen) atoms. The molecule has 0 bridgehead atoms. The summed E-state index contributed by atoms with van der Waals surface area (Å²) in [5.41, 5.74) is 14.1. The van der Waals surface area contributed by atoms with Crippen LogP contribution >= 0.6 is 15.9 Å². The molecule has 2 rings (SSSR count). The lowest BCUT2D eigenvalue weighted by Gasteiger charge is -2.03. The lowest BCUT2D eigenvalue weighted by Crippen LogP contribution is -2.02. The minimum Gasteiger partial charge on any atom is -0.393 e. The van der Waals surface area contributed by atoms with Crippen LogP contribution in [-0.4, -0.2) is 9.78 Å². The van der Waals surface area contributed by atoms with Gasteiger partial charge < -0.3 is 11.5 Å². The molecule has 0 radical (unpaired) electrons. The summed E-state index contributed by atoms with van der Waals surface area (Å²) in [7, 11) is 0. The van der Waals surface area contributed by atoms with Gasteiger partial charge in [0.2, 0.25) is 0 Å². The summed E-state index contributed by atoms with van der Waals surface area (Å²) in [4.78, 5) is 0. The molecule has 1 heterocycles. The smallest absolute Gasteiger partial charge is 0.153 e. The predicted molar refractivity (Wildman–Crippen MR) is 64.8 cm³/mol. The maximum atomic E-state index is 5.82. The first kappa shape index (κ1) is 10.0. The number of nitrogens with zero attached hydrogens (tertiary/aromatic N) is 2. The molecule has 0 fully saturated rings. The highest BCUT2D eigenvalue weighted by molar-refractivity contribution is 9.10. The Kier molecular flexibility index (Phi) is 2.40. The van der Waals surface area contributed by atoms with Crippen LogP contribution < -0.4 is 11.5 Å². The summed E-state index contributed by atoms with van der Waals surface area (Å²) >= 11 is 3.24. The molecule has 4 N–H and O–H groups in total. The van der Waals surface area contributed by atoms with Crippen molar-refractivity contribution < 1.29 is 0 Å². The fourth-order valence-electron chi connectivity index (χ4n) is 1.30. The quantitative estimate of drug-likeness (QED) is 0.831. The molecule has 2 aromatic rings. The normalized spacial score (nSPS) is 10.5. The van der Waals surface area contributed by atoms with Crippen molar-refractivity contribution in [3.63, 3.8) is 0 Å². The van der Waals surface area contributed by atoms with Gasteiger partial charge in [-0.2, -0.15) is 5.10 Å². The SMILES string of the molecule is Cc1ccc(-n2nc(Br)c(N)c2N)cc1. The molecule has 78 valence electrons. The number of hydrogen-bond acceptors (Lipinski definition) is 3. The van der Waals surface area contributed by atoms with Gasteiger partial charge in [0, 0.05) is 0 Å². The number of rotatable bonds is 1. The number of nitrogen functional groups attached to an aromatic ring is 2. The summed E-state index contributed by atoms with van der Waals surface area (Å²) in [5.74, 6) is 0.450. The number of hydrogen-bond donors (Lipinski definition) is 2. The van der Waals surface area contributed by atoms with Crippen molar-refractivity contribution in [3.8, 4) is 5.69 Å². The van der Waals surface area contributed by atoms with Gasteiger partial charge in [0.05, 0.1) is 5.69 Å². The molecule has 1 aromatic heterocycles. The third-order valence-corrected chi connectivity index (χ3v) is 2.78. The van der Waals surface area contributed by atoms with Crippen LogP contribution in [0.15, 0.2) is 28.9 Å². The van der Waals surface area contributed by atoms with Gasteiger partial charge in [0.1, 0.15) is 5.69 Å². The lowest BCUT2D eigenvalue weighted by atomic mass is 10.2. The van der Waals surface area contributed by atoms with Crippen molar-refractivity contribution >= 4 is 27.4 Å². The Hall–Kier alpha value is -1.49. The molecule has 0 aliphatic carbocycles. The number of halogens is 1. The van der Waals surface area contributed by atoms with Crippen LogP contribution in [0.25, 0.3) is 5.69 Å².